The van der Waals surface area contributed by atoms with Crippen molar-refractivity contribution in [1.82, 2.24) is 4.90 Å². The first-order valence-corrected chi connectivity index (χ1v) is 10.2. The maximum Gasteiger partial charge on any atom is 0.200 e. The van der Waals surface area contributed by atoms with Gasteiger partial charge in [-0.15, -0.1) is 0 Å². The number of ether oxygens (including phenoxy) is 1. The Morgan fingerprint density at radius 1 is 1.00 bits per heavy atom. The van der Waals surface area contributed by atoms with E-state index in [1.54, 1.807) is 0 Å². The summed E-state index contributed by atoms with van der Waals surface area (Å²) < 4.78 is 12.3. The number of nitrogens with zero attached hydrogens (tertiary/aromatic N) is 1. The molecule has 2 heterocycles. The Balaban J connectivity index is 1.61. The van der Waals surface area contributed by atoms with Crippen molar-refractivity contribution in [3.05, 3.63) is 64.0 Å². The molecule has 0 unspecified atom stereocenters. The molecule has 3 aromatic rings. The molecule has 5 rings (SSSR count). The van der Waals surface area contributed by atoms with Gasteiger partial charge in [-0.1, -0.05) is 49.6 Å². The Kier molecular flexibility index (Phi) is 4.44. The largest absolute Gasteiger partial charge is 0.478 e. The Morgan fingerprint density at radius 3 is 2.57 bits per heavy atom. The van der Waals surface area contributed by atoms with E-state index in [4.69, 9.17) is 9.15 Å². The highest BCUT2D eigenvalue weighted by atomic mass is 16.5. The van der Waals surface area contributed by atoms with Crippen molar-refractivity contribution in [3.63, 3.8) is 0 Å². The van der Waals surface area contributed by atoms with Crippen molar-refractivity contribution in [1.29, 1.82) is 0 Å². The average Bonchev–Trinajstić information content (AvgIpc) is 2.75. The van der Waals surface area contributed by atoms with Crippen LogP contribution in [-0.2, 0) is 6.54 Å². The van der Waals surface area contributed by atoms with Gasteiger partial charge in [0.05, 0.1) is 16.5 Å². The first kappa shape index (κ1) is 17.5. The van der Waals surface area contributed by atoms with Gasteiger partial charge in [0.15, 0.2) is 0 Å². The third-order valence-corrected chi connectivity index (χ3v) is 6.20. The molecule has 1 aliphatic heterocycles. The zero-order valence-corrected chi connectivity index (χ0v) is 16.2. The van der Waals surface area contributed by atoms with E-state index in [-0.39, 0.29) is 5.43 Å². The molecule has 0 saturated heterocycles. The van der Waals surface area contributed by atoms with Gasteiger partial charge in [-0.2, -0.15) is 0 Å². The standard InChI is InChI=1S/C24H25NO3/c1-16-22(17-8-4-2-5-9-17)23(26)19-12-13-21-20(24(19)28-16)14-25(15-27-21)18-10-6-3-7-11-18/h2,4-5,8-9,12-13,18H,3,6-7,10-11,14-15H2,1H3. The highest BCUT2D eigenvalue weighted by molar-refractivity contribution is 5.86. The number of fused-ring (bicyclic) bond motifs is 3. The molecule has 4 heteroatoms. The van der Waals surface area contributed by atoms with Crippen molar-refractivity contribution < 1.29 is 9.15 Å². The van der Waals surface area contributed by atoms with Gasteiger partial charge in [-0.05, 0) is 37.5 Å². The van der Waals surface area contributed by atoms with Gasteiger partial charge in [0.25, 0.3) is 0 Å². The third-order valence-electron chi connectivity index (χ3n) is 6.20. The molecule has 0 N–H and O–H groups in total. The van der Waals surface area contributed by atoms with Crippen LogP contribution in [0, 0.1) is 6.92 Å². The van der Waals surface area contributed by atoms with Gasteiger partial charge in [0.2, 0.25) is 5.43 Å². The fraction of sp³-hybridized carbons (Fsp3) is 0.375. The van der Waals surface area contributed by atoms with Gasteiger partial charge in [0.1, 0.15) is 23.8 Å². The number of aryl methyl sites for hydroxylation is 1. The van der Waals surface area contributed by atoms with E-state index < -0.39 is 0 Å². The highest BCUT2D eigenvalue weighted by Crippen LogP contribution is 2.36. The van der Waals surface area contributed by atoms with Crippen molar-refractivity contribution in [3.8, 4) is 16.9 Å². The monoisotopic (exact) mass is 375 g/mol. The second-order valence-corrected chi connectivity index (χ2v) is 7.96. The maximum absolute atomic E-state index is 13.3. The topological polar surface area (TPSA) is 42.7 Å². The molecular formula is C24H25NO3. The molecule has 4 nitrogen and oxygen atoms in total. The van der Waals surface area contributed by atoms with E-state index in [1.165, 1.54) is 32.1 Å². The quantitative estimate of drug-likeness (QED) is 0.613. The van der Waals surface area contributed by atoms with Crippen LogP contribution in [0.4, 0.5) is 0 Å². The average molecular weight is 375 g/mol. The summed E-state index contributed by atoms with van der Waals surface area (Å²) >= 11 is 0. The molecule has 0 spiro atoms. The van der Waals surface area contributed by atoms with Crippen LogP contribution in [-0.4, -0.2) is 17.7 Å². The normalized spacial score (nSPS) is 18.0. The lowest BCUT2D eigenvalue weighted by atomic mass is 9.93. The smallest absolute Gasteiger partial charge is 0.200 e. The molecule has 1 saturated carbocycles. The summed E-state index contributed by atoms with van der Waals surface area (Å²) in [6, 6.07) is 14.1. The molecule has 28 heavy (non-hydrogen) atoms. The molecule has 0 amide bonds. The lowest BCUT2D eigenvalue weighted by Crippen LogP contribution is -2.41. The molecule has 1 fully saturated rings. The van der Waals surface area contributed by atoms with Crippen LogP contribution >= 0.6 is 0 Å². The Labute approximate surface area is 164 Å². The Bertz CT molecular complexity index is 1060. The number of rotatable bonds is 2. The predicted octanol–water partition coefficient (Wildman–Crippen LogP) is 5.25. The van der Waals surface area contributed by atoms with Gasteiger partial charge >= 0.3 is 0 Å². The van der Waals surface area contributed by atoms with E-state index in [0.29, 0.717) is 35.1 Å². The molecule has 0 atom stereocenters. The molecule has 1 aliphatic carbocycles. The fourth-order valence-corrected chi connectivity index (χ4v) is 4.71. The first-order chi connectivity index (χ1) is 13.7. The van der Waals surface area contributed by atoms with E-state index in [1.807, 2.05) is 49.4 Å². The molecule has 0 radical (unpaired) electrons. The van der Waals surface area contributed by atoms with Gasteiger partial charge < -0.3 is 9.15 Å². The number of benzene rings is 2. The summed E-state index contributed by atoms with van der Waals surface area (Å²) in [5.74, 6) is 1.50. The lowest BCUT2D eigenvalue weighted by Gasteiger charge is -2.37. The van der Waals surface area contributed by atoms with Gasteiger partial charge in [0, 0.05) is 12.6 Å². The molecular weight excluding hydrogens is 350 g/mol. The van der Waals surface area contributed by atoms with Crippen LogP contribution in [0.2, 0.25) is 0 Å². The van der Waals surface area contributed by atoms with Crippen LogP contribution < -0.4 is 10.2 Å². The zero-order valence-electron chi connectivity index (χ0n) is 16.2. The highest BCUT2D eigenvalue weighted by Gasteiger charge is 2.28. The van der Waals surface area contributed by atoms with Crippen molar-refractivity contribution >= 4 is 11.0 Å². The van der Waals surface area contributed by atoms with Crippen molar-refractivity contribution in [2.45, 2.75) is 51.6 Å². The third kappa shape index (κ3) is 2.92. The van der Waals surface area contributed by atoms with Crippen LogP contribution in [0.1, 0.15) is 43.4 Å². The van der Waals surface area contributed by atoms with Crippen LogP contribution in [0.3, 0.4) is 0 Å². The minimum absolute atomic E-state index is 0.0301. The summed E-state index contributed by atoms with van der Waals surface area (Å²) in [6.07, 6.45) is 6.37. The Hall–Kier alpha value is -2.59. The van der Waals surface area contributed by atoms with E-state index in [2.05, 4.69) is 4.90 Å². The van der Waals surface area contributed by atoms with Gasteiger partial charge in [-0.25, -0.2) is 0 Å². The maximum atomic E-state index is 13.3. The van der Waals surface area contributed by atoms with Crippen LogP contribution in [0.25, 0.3) is 22.1 Å². The minimum atomic E-state index is 0.0301. The van der Waals surface area contributed by atoms with E-state index in [9.17, 15) is 4.79 Å². The number of hydrogen-bond acceptors (Lipinski definition) is 4. The van der Waals surface area contributed by atoms with E-state index >= 15 is 0 Å². The second kappa shape index (κ2) is 7.10. The van der Waals surface area contributed by atoms with E-state index in [0.717, 1.165) is 23.4 Å². The first-order valence-electron chi connectivity index (χ1n) is 10.2. The summed E-state index contributed by atoms with van der Waals surface area (Å²) in [5.41, 5.74) is 3.26. The molecule has 2 aromatic carbocycles. The molecule has 0 bridgehead atoms. The molecule has 1 aromatic heterocycles. The zero-order chi connectivity index (χ0) is 19.1. The Morgan fingerprint density at radius 2 is 1.79 bits per heavy atom. The molecule has 144 valence electrons. The summed E-state index contributed by atoms with van der Waals surface area (Å²) in [7, 11) is 0. The SMILES string of the molecule is Cc1oc2c3c(ccc2c(=O)c1-c1ccccc1)OCN(C1CCCCC1)C3. The van der Waals surface area contributed by atoms with Crippen LogP contribution in [0.15, 0.2) is 51.7 Å². The minimum Gasteiger partial charge on any atom is -0.478 e. The van der Waals surface area contributed by atoms with Crippen LogP contribution in [0.5, 0.6) is 5.75 Å². The van der Waals surface area contributed by atoms with Gasteiger partial charge in [-0.3, -0.25) is 9.69 Å². The van der Waals surface area contributed by atoms with Crippen molar-refractivity contribution in [2.75, 3.05) is 6.73 Å². The fourth-order valence-electron chi connectivity index (χ4n) is 4.71. The second-order valence-electron chi connectivity index (χ2n) is 7.96. The lowest BCUT2D eigenvalue weighted by molar-refractivity contribution is 0.0406. The van der Waals surface area contributed by atoms with Crippen molar-refractivity contribution in [2.24, 2.45) is 0 Å². The predicted molar refractivity (Wildman–Crippen MR) is 111 cm³/mol. The summed E-state index contributed by atoms with van der Waals surface area (Å²) in [5, 5.41) is 0.636. The number of hydrogen-bond donors (Lipinski definition) is 0. The summed E-state index contributed by atoms with van der Waals surface area (Å²) in [6.45, 7) is 3.28. The molecule has 2 aliphatic rings. The summed E-state index contributed by atoms with van der Waals surface area (Å²) in [4.78, 5) is 15.7.